The third kappa shape index (κ3) is 2.51. The highest BCUT2D eigenvalue weighted by Crippen LogP contribution is 2.20. The van der Waals surface area contributed by atoms with Crippen LogP contribution in [0, 0.1) is 0 Å². The number of H-pyrrole nitrogens is 1. The molecule has 2 aromatic heterocycles. The molecule has 1 N–H and O–H groups in total. The molecule has 2 rings (SSSR count). The lowest BCUT2D eigenvalue weighted by atomic mass is 10.1. The zero-order chi connectivity index (χ0) is 13.3. The van der Waals surface area contributed by atoms with Gasteiger partial charge in [-0.1, -0.05) is 0 Å². The number of aromatic nitrogens is 2. The quantitative estimate of drug-likeness (QED) is 0.742. The van der Waals surface area contributed by atoms with E-state index in [0.29, 0.717) is 24.1 Å². The van der Waals surface area contributed by atoms with Crippen molar-refractivity contribution in [1.29, 1.82) is 0 Å². The van der Waals surface area contributed by atoms with Gasteiger partial charge in [-0.25, -0.2) is 4.79 Å². The topological polar surface area (TPSA) is 68.0 Å². The summed E-state index contributed by atoms with van der Waals surface area (Å²) in [6, 6.07) is 1.54. The molecule has 7 heteroatoms. The number of hydrogen-bond donors (Lipinski definition) is 3. The zero-order valence-corrected chi connectivity index (χ0v) is 11.6. The maximum Gasteiger partial charge on any atom is 0.331 e. The summed E-state index contributed by atoms with van der Waals surface area (Å²) in [6.07, 6.45) is 1.95. The second-order valence-corrected chi connectivity index (χ2v) is 5.85. The summed E-state index contributed by atoms with van der Waals surface area (Å²) in [5.41, 5.74) is -0.597. The molecule has 2 heterocycles. The Labute approximate surface area is 114 Å². The number of nitrogens with one attached hydrogen (secondary N) is 1. The second kappa shape index (κ2) is 4.89. The van der Waals surface area contributed by atoms with Crippen molar-refractivity contribution in [3.8, 4) is 0 Å². The monoisotopic (exact) mass is 286 g/mol. The average molecular weight is 286 g/mol. The molecular weight excluding hydrogens is 272 g/mol. The summed E-state index contributed by atoms with van der Waals surface area (Å²) >= 11 is 8.61. The molecule has 1 atom stereocenters. The van der Waals surface area contributed by atoms with E-state index in [0.717, 1.165) is 4.57 Å². The summed E-state index contributed by atoms with van der Waals surface area (Å²) in [7, 11) is 0. The Hall–Kier alpha value is -1.08. The zero-order valence-electron chi connectivity index (χ0n) is 9.84. The largest absolute Gasteiger partial charge is 0.448 e. The third-order valence-corrected chi connectivity index (χ3v) is 4.15. The Bertz CT molecular complexity index is 669. The fourth-order valence-corrected chi connectivity index (χ4v) is 1.87. The third-order valence-electron chi connectivity index (χ3n) is 2.82. The molecule has 0 aliphatic carbocycles. The molecule has 0 aromatic carbocycles. The van der Waals surface area contributed by atoms with Gasteiger partial charge in [0, 0.05) is 17.0 Å². The first kappa shape index (κ1) is 13.4. The number of fused-ring (bicyclic) bond motifs is 1. The summed E-state index contributed by atoms with van der Waals surface area (Å²) in [5, 5.41) is 0.376. The van der Waals surface area contributed by atoms with E-state index < -0.39 is 5.69 Å². The van der Waals surface area contributed by atoms with Crippen LogP contribution in [0.1, 0.15) is 13.3 Å². The fraction of sp³-hybridized carbons (Fsp3) is 0.455. The minimum Gasteiger partial charge on any atom is -0.448 e. The van der Waals surface area contributed by atoms with E-state index in [-0.39, 0.29) is 16.0 Å². The molecule has 0 radical (unpaired) electrons. The van der Waals surface area contributed by atoms with Crippen LogP contribution < -0.4 is 11.2 Å². The van der Waals surface area contributed by atoms with E-state index in [2.05, 4.69) is 30.2 Å². The van der Waals surface area contributed by atoms with E-state index in [4.69, 9.17) is 4.42 Å². The van der Waals surface area contributed by atoms with Crippen molar-refractivity contribution in [3.63, 3.8) is 0 Å². The predicted molar refractivity (Wildman–Crippen MR) is 77.0 cm³/mol. The smallest absolute Gasteiger partial charge is 0.331 e. The number of nitrogens with zero attached hydrogens (tertiary/aromatic N) is 1. The molecule has 0 saturated carbocycles. The van der Waals surface area contributed by atoms with Crippen molar-refractivity contribution in [3.05, 3.63) is 33.2 Å². The molecule has 0 spiro atoms. The van der Waals surface area contributed by atoms with Gasteiger partial charge in [0.05, 0.1) is 6.26 Å². The van der Waals surface area contributed by atoms with Crippen LogP contribution in [-0.2, 0) is 6.54 Å². The number of furan rings is 1. The first-order valence-corrected chi connectivity index (χ1v) is 6.56. The molecule has 0 bridgehead atoms. The molecular formula is C11H14N2O3S2. The van der Waals surface area contributed by atoms with Crippen LogP contribution in [0.4, 0.5) is 0 Å². The predicted octanol–water partition coefficient (Wildman–Crippen LogP) is 1.29. The van der Waals surface area contributed by atoms with Gasteiger partial charge in [0.15, 0.2) is 0 Å². The Morgan fingerprint density at radius 1 is 1.50 bits per heavy atom. The second-order valence-electron chi connectivity index (χ2n) is 4.46. The van der Waals surface area contributed by atoms with Gasteiger partial charge in [-0.3, -0.25) is 14.3 Å². The molecule has 5 nitrogen and oxygen atoms in total. The van der Waals surface area contributed by atoms with Gasteiger partial charge in [0.1, 0.15) is 5.39 Å². The lowest BCUT2D eigenvalue weighted by Gasteiger charge is -2.20. The van der Waals surface area contributed by atoms with Crippen molar-refractivity contribution >= 4 is 36.4 Å². The van der Waals surface area contributed by atoms with Crippen molar-refractivity contribution < 1.29 is 4.42 Å². The standard InChI is InChI=1S/C11H14N2O3S2/c1-11(18,6-17)3-4-13-9(14)7-2-5-16-8(7)12-10(13)15/h2,5,17-18H,3-4,6H2,1H3,(H,12,15)/t11-/m1/s1. The summed E-state index contributed by atoms with van der Waals surface area (Å²) in [6.45, 7) is 2.22. The first-order chi connectivity index (χ1) is 8.44. The van der Waals surface area contributed by atoms with Crippen LogP contribution in [0.25, 0.3) is 11.1 Å². The van der Waals surface area contributed by atoms with Crippen LogP contribution >= 0.6 is 25.3 Å². The Kier molecular flexibility index (Phi) is 3.63. The van der Waals surface area contributed by atoms with Crippen molar-refractivity contribution in [1.82, 2.24) is 9.55 Å². The fourth-order valence-electron chi connectivity index (χ4n) is 1.61. The molecule has 0 amide bonds. The van der Waals surface area contributed by atoms with Gasteiger partial charge in [-0.05, 0) is 19.4 Å². The minimum atomic E-state index is -0.467. The highest BCUT2D eigenvalue weighted by molar-refractivity contribution is 7.85. The number of aromatic amines is 1. The molecule has 18 heavy (non-hydrogen) atoms. The molecule has 0 saturated heterocycles. The van der Waals surface area contributed by atoms with Gasteiger partial charge in [0.25, 0.3) is 5.56 Å². The molecule has 0 unspecified atom stereocenters. The molecule has 0 aliphatic heterocycles. The molecule has 0 fully saturated rings. The van der Waals surface area contributed by atoms with Gasteiger partial charge < -0.3 is 4.42 Å². The Morgan fingerprint density at radius 3 is 2.89 bits per heavy atom. The summed E-state index contributed by atoms with van der Waals surface area (Å²) in [5.74, 6) is 0.566. The number of hydrogen-bond acceptors (Lipinski definition) is 5. The SMILES string of the molecule is C[C@](S)(CS)CCn1c(=O)[nH]c2occc2c1=O. The van der Waals surface area contributed by atoms with Crippen LogP contribution in [0.3, 0.4) is 0 Å². The first-order valence-electron chi connectivity index (χ1n) is 5.48. The number of thiol groups is 2. The van der Waals surface area contributed by atoms with E-state index >= 15 is 0 Å². The maximum absolute atomic E-state index is 12.1. The molecule has 2 aromatic rings. The van der Waals surface area contributed by atoms with Gasteiger partial charge >= 0.3 is 5.69 Å². The lowest BCUT2D eigenvalue weighted by Crippen LogP contribution is -2.36. The van der Waals surface area contributed by atoms with Crippen molar-refractivity contribution in [2.45, 2.75) is 24.6 Å². The van der Waals surface area contributed by atoms with Crippen LogP contribution in [-0.4, -0.2) is 20.1 Å². The van der Waals surface area contributed by atoms with E-state index in [1.54, 1.807) is 6.07 Å². The summed E-state index contributed by atoms with van der Waals surface area (Å²) in [4.78, 5) is 26.3. The molecule has 0 aliphatic rings. The minimum absolute atomic E-state index is 0.212. The highest BCUT2D eigenvalue weighted by atomic mass is 32.1. The van der Waals surface area contributed by atoms with E-state index in [9.17, 15) is 9.59 Å². The average Bonchev–Trinajstić information content (AvgIpc) is 2.77. The van der Waals surface area contributed by atoms with Crippen LogP contribution in [0.15, 0.2) is 26.3 Å². The van der Waals surface area contributed by atoms with Crippen LogP contribution in [0.2, 0.25) is 0 Å². The van der Waals surface area contributed by atoms with Gasteiger partial charge in [0.2, 0.25) is 5.71 Å². The maximum atomic E-state index is 12.1. The van der Waals surface area contributed by atoms with Gasteiger partial charge in [-0.15, -0.1) is 0 Å². The van der Waals surface area contributed by atoms with Crippen LogP contribution in [0.5, 0.6) is 0 Å². The number of rotatable bonds is 4. The van der Waals surface area contributed by atoms with E-state index in [1.165, 1.54) is 6.26 Å². The van der Waals surface area contributed by atoms with Crippen molar-refractivity contribution in [2.75, 3.05) is 5.75 Å². The van der Waals surface area contributed by atoms with E-state index in [1.807, 2.05) is 6.92 Å². The van der Waals surface area contributed by atoms with Crippen molar-refractivity contribution in [2.24, 2.45) is 0 Å². The summed E-state index contributed by atoms with van der Waals surface area (Å²) < 4.78 is 5.85. The Balaban J connectivity index is 2.39. The lowest BCUT2D eigenvalue weighted by molar-refractivity contribution is 0.529. The molecule has 98 valence electrons. The Morgan fingerprint density at radius 2 is 2.22 bits per heavy atom. The van der Waals surface area contributed by atoms with Gasteiger partial charge in [-0.2, -0.15) is 25.3 Å². The highest BCUT2D eigenvalue weighted by Gasteiger charge is 2.18. The normalized spacial score (nSPS) is 14.8.